The molecule has 3 heterocycles. The van der Waals surface area contributed by atoms with Crippen molar-refractivity contribution in [1.29, 1.82) is 0 Å². The molecule has 2 fully saturated rings. The van der Waals surface area contributed by atoms with Gasteiger partial charge in [-0.3, -0.25) is 14.7 Å². The second-order valence-corrected chi connectivity index (χ2v) is 9.32. The lowest BCUT2D eigenvalue weighted by atomic mass is 9.78. The Labute approximate surface area is 189 Å². The fourth-order valence-corrected chi connectivity index (χ4v) is 5.33. The summed E-state index contributed by atoms with van der Waals surface area (Å²) in [4.78, 5) is 24.2. The zero-order valence-electron chi connectivity index (χ0n) is 18.7. The van der Waals surface area contributed by atoms with Gasteiger partial charge in [-0.15, -0.1) is 0 Å². The van der Waals surface area contributed by atoms with Gasteiger partial charge < -0.3 is 4.52 Å². The number of hydrogen-bond donors (Lipinski definition) is 0. The maximum Gasteiger partial charge on any atom is 0.240 e. The standard InChI is InChI=1S/C26H30N4O2/c1-19-9-11-21(12-10-19)26(13-3-4-14-26)25-28-23(32-29-25)18-30-16-6-7-20(17-30)24(31)22-8-2-5-15-27-22/h2,5,8-12,15,20H,3-4,6-7,13-14,16-18H2,1H3/t20-/m0/s1. The average molecular weight is 431 g/mol. The highest BCUT2D eigenvalue weighted by Crippen LogP contribution is 2.45. The molecule has 0 spiro atoms. The number of carbonyl (C=O) groups is 1. The van der Waals surface area contributed by atoms with Gasteiger partial charge in [0.25, 0.3) is 0 Å². The van der Waals surface area contributed by atoms with E-state index in [1.165, 1.54) is 24.0 Å². The van der Waals surface area contributed by atoms with Gasteiger partial charge in [-0.2, -0.15) is 4.98 Å². The Kier molecular flexibility index (Phi) is 5.87. The highest BCUT2D eigenvalue weighted by atomic mass is 16.5. The van der Waals surface area contributed by atoms with Gasteiger partial charge in [0.05, 0.1) is 12.0 Å². The second-order valence-electron chi connectivity index (χ2n) is 9.32. The number of ketones is 1. The molecule has 2 aromatic heterocycles. The van der Waals surface area contributed by atoms with Gasteiger partial charge in [0.1, 0.15) is 5.69 Å². The molecule has 166 valence electrons. The van der Waals surface area contributed by atoms with E-state index in [2.05, 4.69) is 46.2 Å². The molecule has 1 aliphatic heterocycles. The van der Waals surface area contributed by atoms with Gasteiger partial charge in [0.15, 0.2) is 11.6 Å². The number of piperidine rings is 1. The monoisotopic (exact) mass is 430 g/mol. The summed E-state index contributed by atoms with van der Waals surface area (Å²) in [5, 5.41) is 4.45. The molecule has 1 aliphatic carbocycles. The lowest BCUT2D eigenvalue weighted by molar-refractivity contribution is 0.0792. The van der Waals surface area contributed by atoms with E-state index in [4.69, 9.17) is 9.51 Å². The molecule has 32 heavy (non-hydrogen) atoms. The number of rotatable bonds is 6. The van der Waals surface area contributed by atoms with Crippen LogP contribution in [0, 0.1) is 12.8 Å². The van der Waals surface area contributed by atoms with Gasteiger partial charge in [-0.1, -0.05) is 53.9 Å². The SMILES string of the molecule is Cc1ccc(C2(c3noc(CN4CCC[C@H](C(=O)c5ccccn5)C4)n3)CCCC2)cc1. The Hall–Kier alpha value is -2.86. The molecule has 5 rings (SSSR count). The third-order valence-electron chi connectivity index (χ3n) is 7.11. The van der Waals surface area contributed by atoms with Gasteiger partial charge in [-0.25, -0.2) is 0 Å². The summed E-state index contributed by atoms with van der Waals surface area (Å²) in [6, 6.07) is 14.3. The summed E-state index contributed by atoms with van der Waals surface area (Å²) in [7, 11) is 0. The molecule has 0 unspecified atom stereocenters. The Morgan fingerprint density at radius 3 is 2.69 bits per heavy atom. The van der Waals surface area contributed by atoms with Crippen molar-refractivity contribution in [1.82, 2.24) is 20.0 Å². The first kappa shape index (κ1) is 21.0. The van der Waals surface area contributed by atoms with Gasteiger partial charge in [0, 0.05) is 18.7 Å². The van der Waals surface area contributed by atoms with Crippen molar-refractivity contribution in [2.45, 2.75) is 57.4 Å². The maximum absolute atomic E-state index is 12.9. The van der Waals surface area contributed by atoms with Crippen LogP contribution in [0.1, 0.15) is 71.9 Å². The molecule has 3 aromatic rings. The number of pyridine rings is 1. The van der Waals surface area contributed by atoms with E-state index in [0.717, 1.165) is 38.1 Å². The van der Waals surface area contributed by atoms with Crippen molar-refractivity contribution in [3.05, 3.63) is 77.2 Å². The number of Topliss-reactive ketones (excluding diaryl/α,β-unsaturated/α-hetero) is 1. The highest BCUT2D eigenvalue weighted by Gasteiger charge is 2.41. The van der Waals surface area contributed by atoms with Crippen molar-refractivity contribution in [2.75, 3.05) is 13.1 Å². The fraction of sp³-hybridized carbons (Fsp3) is 0.462. The smallest absolute Gasteiger partial charge is 0.240 e. The molecular weight excluding hydrogens is 400 g/mol. The van der Waals surface area contributed by atoms with Crippen LogP contribution in [0.3, 0.4) is 0 Å². The lowest BCUT2D eigenvalue weighted by Crippen LogP contribution is -2.38. The fourth-order valence-electron chi connectivity index (χ4n) is 5.33. The van der Waals surface area contributed by atoms with E-state index in [0.29, 0.717) is 24.7 Å². The Bertz CT molecular complexity index is 1050. The minimum absolute atomic E-state index is 0.0326. The summed E-state index contributed by atoms with van der Waals surface area (Å²) in [5.41, 5.74) is 2.96. The normalized spacial score (nSPS) is 21.0. The lowest BCUT2D eigenvalue weighted by Gasteiger charge is -2.30. The molecule has 0 amide bonds. The number of hydrogen-bond acceptors (Lipinski definition) is 6. The predicted octanol–water partition coefficient (Wildman–Crippen LogP) is 4.73. The molecule has 1 atom stereocenters. The number of benzene rings is 1. The highest BCUT2D eigenvalue weighted by molar-refractivity contribution is 5.96. The van der Waals surface area contributed by atoms with E-state index in [1.807, 2.05) is 12.1 Å². The van der Waals surface area contributed by atoms with Crippen LogP contribution < -0.4 is 0 Å². The number of carbonyl (C=O) groups excluding carboxylic acids is 1. The van der Waals surface area contributed by atoms with Crippen molar-refractivity contribution in [3.63, 3.8) is 0 Å². The van der Waals surface area contributed by atoms with E-state index in [9.17, 15) is 4.79 Å². The number of aryl methyl sites for hydroxylation is 1. The maximum atomic E-state index is 12.9. The summed E-state index contributed by atoms with van der Waals surface area (Å²) < 4.78 is 5.73. The first-order chi connectivity index (χ1) is 15.6. The van der Waals surface area contributed by atoms with E-state index >= 15 is 0 Å². The molecule has 2 aliphatic rings. The molecule has 1 saturated carbocycles. The first-order valence-electron chi connectivity index (χ1n) is 11.7. The Morgan fingerprint density at radius 1 is 1.12 bits per heavy atom. The molecular formula is C26H30N4O2. The predicted molar refractivity (Wildman–Crippen MR) is 121 cm³/mol. The quantitative estimate of drug-likeness (QED) is 0.527. The molecule has 1 saturated heterocycles. The molecule has 6 nitrogen and oxygen atoms in total. The van der Waals surface area contributed by atoms with Crippen LogP contribution >= 0.6 is 0 Å². The molecule has 6 heteroatoms. The van der Waals surface area contributed by atoms with Crippen LogP contribution in [-0.2, 0) is 12.0 Å². The molecule has 0 bridgehead atoms. The van der Waals surface area contributed by atoms with E-state index in [-0.39, 0.29) is 17.1 Å². The van der Waals surface area contributed by atoms with Gasteiger partial charge in [0.2, 0.25) is 5.89 Å². The van der Waals surface area contributed by atoms with Crippen molar-refractivity contribution in [3.8, 4) is 0 Å². The Morgan fingerprint density at radius 2 is 1.94 bits per heavy atom. The summed E-state index contributed by atoms with van der Waals surface area (Å²) >= 11 is 0. The van der Waals surface area contributed by atoms with Crippen LogP contribution in [0.15, 0.2) is 53.2 Å². The van der Waals surface area contributed by atoms with Crippen molar-refractivity contribution >= 4 is 5.78 Å². The number of nitrogens with zero attached hydrogens (tertiary/aromatic N) is 4. The minimum atomic E-state index is -0.144. The zero-order chi connectivity index (χ0) is 22.0. The topological polar surface area (TPSA) is 72.1 Å². The largest absolute Gasteiger partial charge is 0.338 e. The molecule has 0 radical (unpaired) electrons. The Balaban J connectivity index is 1.30. The second kappa shape index (κ2) is 8.94. The van der Waals surface area contributed by atoms with Crippen LogP contribution in [-0.4, -0.2) is 38.9 Å². The third kappa shape index (κ3) is 4.11. The van der Waals surface area contributed by atoms with Crippen LogP contribution in [0.25, 0.3) is 0 Å². The van der Waals surface area contributed by atoms with Crippen LogP contribution in [0.2, 0.25) is 0 Å². The average Bonchev–Trinajstić information content (AvgIpc) is 3.51. The zero-order valence-corrected chi connectivity index (χ0v) is 18.7. The van der Waals surface area contributed by atoms with Crippen LogP contribution in [0.4, 0.5) is 0 Å². The van der Waals surface area contributed by atoms with E-state index in [1.54, 1.807) is 12.3 Å². The minimum Gasteiger partial charge on any atom is -0.338 e. The third-order valence-corrected chi connectivity index (χ3v) is 7.11. The van der Waals surface area contributed by atoms with Crippen molar-refractivity contribution in [2.24, 2.45) is 5.92 Å². The summed E-state index contributed by atoms with van der Waals surface area (Å²) in [6.45, 7) is 4.34. The molecule has 0 N–H and O–H groups in total. The van der Waals surface area contributed by atoms with Crippen molar-refractivity contribution < 1.29 is 9.32 Å². The number of likely N-dealkylation sites (tertiary alicyclic amines) is 1. The summed E-state index contributed by atoms with van der Waals surface area (Å²) in [6.07, 6.45) is 8.04. The summed E-state index contributed by atoms with van der Waals surface area (Å²) in [5.74, 6) is 1.55. The first-order valence-corrected chi connectivity index (χ1v) is 11.7. The molecule has 1 aromatic carbocycles. The van der Waals surface area contributed by atoms with Crippen LogP contribution in [0.5, 0.6) is 0 Å². The van der Waals surface area contributed by atoms with Gasteiger partial charge >= 0.3 is 0 Å². The van der Waals surface area contributed by atoms with Gasteiger partial charge in [-0.05, 0) is 56.8 Å². The van der Waals surface area contributed by atoms with E-state index < -0.39 is 0 Å². The number of aromatic nitrogens is 3.